The lowest BCUT2D eigenvalue weighted by Gasteiger charge is -2.19. The standard InChI is InChI=1S/C12H21N3O3/c1-8(2)15-11(17)7-9(12(15)18)14-10(16)5-4-6-13-3/h8-9,13H,4-7H2,1-3H3,(H,14,16). The smallest absolute Gasteiger partial charge is 0.252 e. The Morgan fingerprint density at radius 3 is 2.61 bits per heavy atom. The van der Waals surface area contributed by atoms with Crippen LogP contribution < -0.4 is 10.6 Å². The van der Waals surface area contributed by atoms with Crippen LogP contribution in [0.2, 0.25) is 0 Å². The third-order valence-corrected chi connectivity index (χ3v) is 2.87. The first-order valence-electron chi connectivity index (χ1n) is 6.27. The maximum atomic E-state index is 11.9. The molecule has 2 N–H and O–H groups in total. The van der Waals surface area contributed by atoms with Crippen LogP contribution in [0.15, 0.2) is 0 Å². The van der Waals surface area contributed by atoms with Crippen LogP contribution in [-0.4, -0.2) is 48.3 Å². The molecule has 1 atom stereocenters. The maximum Gasteiger partial charge on any atom is 0.252 e. The summed E-state index contributed by atoms with van der Waals surface area (Å²) in [5.74, 6) is -0.686. The van der Waals surface area contributed by atoms with E-state index in [1.807, 2.05) is 7.05 Å². The monoisotopic (exact) mass is 255 g/mol. The second-order valence-electron chi connectivity index (χ2n) is 4.73. The molecule has 0 aliphatic carbocycles. The minimum atomic E-state index is -0.679. The van der Waals surface area contributed by atoms with Crippen LogP contribution >= 0.6 is 0 Å². The summed E-state index contributed by atoms with van der Waals surface area (Å²) < 4.78 is 0. The molecule has 1 rings (SSSR count). The normalized spacial score (nSPS) is 19.8. The molecule has 0 spiro atoms. The number of hydrogen-bond acceptors (Lipinski definition) is 4. The van der Waals surface area contributed by atoms with Gasteiger partial charge in [0.25, 0.3) is 5.91 Å². The molecule has 1 aliphatic heterocycles. The van der Waals surface area contributed by atoms with Crippen LogP contribution in [0.3, 0.4) is 0 Å². The zero-order valence-electron chi connectivity index (χ0n) is 11.2. The Kier molecular flexibility index (Phi) is 5.27. The number of nitrogens with one attached hydrogen (secondary N) is 2. The quantitative estimate of drug-likeness (QED) is 0.502. The van der Waals surface area contributed by atoms with Gasteiger partial charge >= 0.3 is 0 Å². The van der Waals surface area contributed by atoms with E-state index in [0.29, 0.717) is 12.8 Å². The van der Waals surface area contributed by atoms with Gasteiger partial charge in [-0.3, -0.25) is 19.3 Å². The minimum absolute atomic E-state index is 0.0782. The van der Waals surface area contributed by atoms with Crippen molar-refractivity contribution < 1.29 is 14.4 Å². The van der Waals surface area contributed by atoms with Crippen molar-refractivity contribution in [2.24, 2.45) is 0 Å². The molecule has 3 amide bonds. The van der Waals surface area contributed by atoms with E-state index in [4.69, 9.17) is 0 Å². The van der Waals surface area contributed by atoms with Crippen LogP contribution in [-0.2, 0) is 14.4 Å². The average molecular weight is 255 g/mol. The van der Waals surface area contributed by atoms with E-state index in [9.17, 15) is 14.4 Å². The summed E-state index contributed by atoms with van der Waals surface area (Å²) in [4.78, 5) is 36.3. The van der Waals surface area contributed by atoms with Gasteiger partial charge in [-0.2, -0.15) is 0 Å². The van der Waals surface area contributed by atoms with E-state index in [2.05, 4.69) is 10.6 Å². The highest BCUT2D eigenvalue weighted by Crippen LogP contribution is 2.16. The molecule has 0 radical (unpaired) electrons. The highest BCUT2D eigenvalue weighted by atomic mass is 16.2. The molecule has 18 heavy (non-hydrogen) atoms. The topological polar surface area (TPSA) is 78.5 Å². The van der Waals surface area contributed by atoms with E-state index >= 15 is 0 Å². The summed E-state index contributed by atoms with van der Waals surface area (Å²) in [5, 5.41) is 5.57. The Labute approximate surface area is 107 Å². The highest BCUT2D eigenvalue weighted by Gasteiger charge is 2.40. The van der Waals surface area contributed by atoms with E-state index in [-0.39, 0.29) is 30.2 Å². The number of imide groups is 1. The molecule has 1 unspecified atom stereocenters. The lowest BCUT2D eigenvalue weighted by Crippen LogP contribution is -2.43. The summed E-state index contributed by atoms with van der Waals surface area (Å²) in [5.41, 5.74) is 0. The van der Waals surface area contributed by atoms with Gasteiger partial charge < -0.3 is 10.6 Å². The van der Waals surface area contributed by atoms with Crippen molar-refractivity contribution >= 4 is 17.7 Å². The summed E-state index contributed by atoms with van der Waals surface area (Å²) >= 11 is 0. The van der Waals surface area contributed by atoms with Gasteiger partial charge in [0.15, 0.2) is 0 Å². The third-order valence-electron chi connectivity index (χ3n) is 2.87. The van der Waals surface area contributed by atoms with Crippen LogP contribution in [0.5, 0.6) is 0 Å². The van der Waals surface area contributed by atoms with Crippen molar-refractivity contribution in [3.8, 4) is 0 Å². The van der Waals surface area contributed by atoms with Crippen molar-refractivity contribution in [2.45, 2.75) is 45.2 Å². The lowest BCUT2D eigenvalue weighted by molar-refractivity contribution is -0.141. The number of amides is 3. The molecule has 6 nitrogen and oxygen atoms in total. The molecule has 0 aromatic rings. The lowest BCUT2D eigenvalue weighted by atomic mass is 10.2. The Hall–Kier alpha value is -1.43. The number of nitrogens with zero attached hydrogens (tertiary/aromatic N) is 1. The van der Waals surface area contributed by atoms with Gasteiger partial charge in [0.2, 0.25) is 11.8 Å². The first-order valence-corrected chi connectivity index (χ1v) is 6.27. The number of rotatable bonds is 6. The van der Waals surface area contributed by atoms with Crippen molar-refractivity contribution in [2.75, 3.05) is 13.6 Å². The fraction of sp³-hybridized carbons (Fsp3) is 0.750. The van der Waals surface area contributed by atoms with Crippen LogP contribution in [0.1, 0.15) is 33.1 Å². The average Bonchev–Trinajstić information content (AvgIpc) is 2.54. The van der Waals surface area contributed by atoms with Crippen LogP contribution in [0, 0.1) is 0 Å². The first-order chi connectivity index (χ1) is 8.47. The van der Waals surface area contributed by atoms with E-state index in [0.717, 1.165) is 6.54 Å². The fourth-order valence-electron chi connectivity index (χ4n) is 2.00. The van der Waals surface area contributed by atoms with Gasteiger partial charge in [0, 0.05) is 12.5 Å². The van der Waals surface area contributed by atoms with Gasteiger partial charge in [0.05, 0.1) is 6.42 Å². The van der Waals surface area contributed by atoms with Gasteiger partial charge in [0.1, 0.15) is 6.04 Å². The fourth-order valence-corrected chi connectivity index (χ4v) is 2.00. The van der Waals surface area contributed by atoms with Crippen molar-refractivity contribution in [3.63, 3.8) is 0 Å². The van der Waals surface area contributed by atoms with Gasteiger partial charge in [-0.05, 0) is 33.9 Å². The predicted octanol–water partition coefficient (Wildman–Crippen LogP) is -0.362. The molecular weight excluding hydrogens is 234 g/mol. The van der Waals surface area contributed by atoms with Crippen LogP contribution in [0.4, 0.5) is 0 Å². The molecule has 0 bridgehead atoms. The van der Waals surface area contributed by atoms with Crippen molar-refractivity contribution in [1.82, 2.24) is 15.5 Å². The largest absolute Gasteiger partial charge is 0.344 e. The number of likely N-dealkylation sites (tertiary alicyclic amines) is 1. The first kappa shape index (κ1) is 14.6. The van der Waals surface area contributed by atoms with Crippen molar-refractivity contribution in [3.05, 3.63) is 0 Å². The maximum absolute atomic E-state index is 11.9. The molecule has 1 fully saturated rings. The molecule has 1 aliphatic rings. The SMILES string of the molecule is CNCCCC(=O)NC1CC(=O)N(C(C)C)C1=O. The Balaban J connectivity index is 2.47. The second-order valence-corrected chi connectivity index (χ2v) is 4.73. The summed E-state index contributed by atoms with van der Waals surface area (Å²) in [7, 11) is 1.82. The van der Waals surface area contributed by atoms with Crippen molar-refractivity contribution in [1.29, 1.82) is 0 Å². The van der Waals surface area contributed by atoms with Gasteiger partial charge in [-0.15, -0.1) is 0 Å². The molecule has 0 saturated carbocycles. The van der Waals surface area contributed by atoms with E-state index in [1.165, 1.54) is 4.90 Å². The molecule has 0 aromatic heterocycles. The summed E-state index contributed by atoms with van der Waals surface area (Å²) in [6.45, 7) is 4.32. The summed E-state index contributed by atoms with van der Waals surface area (Å²) in [6.07, 6.45) is 1.15. The Morgan fingerprint density at radius 2 is 2.11 bits per heavy atom. The Bertz CT molecular complexity index is 341. The predicted molar refractivity (Wildman–Crippen MR) is 66.7 cm³/mol. The molecular formula is C12H21N3O3. The molecule has 0 aromatic carbocycles. The van der Waals surface area contributed by atoms with Gasteiger partial charge in [-0.25, -0.2) is 0 Å². The zero-order valence-corrected chi connectivity index (χ0v) is 11.2. The molecule has 1 heterocycles. The molecule has 1 saturated heterocycles. The minimum Gasteiger partial charge on any atom is -0.344 e. The van der Waals surface area contributed by atoms with E-state index in [1.54, 1.807) is 13.8 Å². The molecule has 102 valence electrons. The highest BCUT2D eigenvalue weighted by molar-refractivity contribution is 6.07. The third kappa shape index (κ3) is 3.53. The van der Waals surface area contributed by atoms with Crippen LogP contribution in [0.25, 0.3) is 0 Å². The number of hydrogen-bond donors (Lipinski definition) is 2. The second kappa shape index (κ2) is 6.49. The number of carbonyl (C=O) groups excluding carboxylic acids is 3. The summed E-state index contributed by atoms with van der Waals surface area (Å²) in [6, 6.07) is -0.835. The zero-order chi connectivity index (χ0) is 13.7. The van der Waals surface area contributed by atoms with E-state index < -0.39 is 6.04 Å². The number of carbonyl (C=O) groups is 3. The van der Waals surface area contributed by atoms with Gasteiger partial charge in [-0.1, -0.05) is 0 Å². The Morgan fingerprint density at radius 1 is 1.44 bits per heavy atom. The molecule has 6 heteroatoms.